The minimum atomic E-state index is 0.358. The Bertz CT molecular complexity index is 870. The van der Waals surface area contributed by atoms with Gasteiger partial charge in [0.05, 0.1) is 18.9 Å². The van der Waals surface area contributed by atoms with E-state index in [0.717, 1.165) is 82.7 Å². The topological polar surface area (TPSA) is 70.5 Å². The van der Waals surface area contributed by atoms with Crippen LogP contribution < -0.4 is 14.7 Å². The molecule has 8 nitrogen and oxygen atoms in total. The highest BCUT2D eigenvalue weighted by molar-refractivity contribution is 5.46. The van der Waals surface area contributed by atoms with Crippen molar-refractivity contribution in [1.82, 2.24) is 20.2 Å². The summed E-state index contributed by atoms with van der Waals surface area (Å²) in [4.78, 5) is 16.3. The van der Waals surface area contributed by atoms with E-state index < -0.39 is 0 Å². The Morgan fingerprint density at radius 3 is 2.77 bits per heavy atom. The number of morpholine rings is 1. The number of piperidine rings is 1. The Kier molecular flexibility index (Phi) is 5.66. The van der Waals surface area contributed by atoms with E-state index in [1.165, 1.54) is 24.1 Å². The number of hydrogen-bond donors (Lipinski definition) is 0. The lowest BCUT2D eigenvalue weighted by atomic mass is 9.96. The Balaban J connectivity index is 1.30. The molecule has 0 bridgehead atoms. The molecular weight excluding hydrogens is 378 g/mol. The molecule has 4 heterocycles. The number of nitrogens with zero attached hydrogens (tertiary/aromatic N) is 7. The molecule has 1 unspecified atom stereocenters. The first kappa shape index (κ1) is 19.5. The maximum atomic E-state index is 5.47. The van der Waals surface area contributed by atoms with Gasteiger partial charge in [0.15, 0.2) is 5.82 Å². The molecule has 5 rings (SSSR count). The molecule has 0 radical (unpaired) electrons. The second-order valence-electron chi connectivity index (χ2n) is 8.55. The van der Waals surface area contributed by atoms with Crippen LogP contribution in [0.5, 0.6) is 0 Å². The molecule has 0 spiro atoms. The molecule has 2 aromatic rings. The van der Waals surface area contributed by atoms with E-state index in [9.17, 15) is 0 Å². The molecule has 0 saturated carbocycles. The van der Waals surface area contributed by atoms with Crippen LogP contribution in [0, 0.1) is 0 Å². The highest BCUT2D eigenvalue weighted by atomic mass is 16.5. The Hall–Kier alpha value is -2.48. The number of rotatable bonds is 4. The second kappa shape index (κ2) is 8.71. The molecule has 3 aliphatic rings. The van der Waals surface area contributed by atoms with Crippen molar-refractivity contribution in [2.75, 3.05) is 61.1 Å². The zero-order valence-electron chi connectivity index (χ0n) is 17.8. The fourth-order valence-electron chi connectivity index (χ4n) is 4.75. The SMILES string of the molecule is CN(c1nccc(N2CCOCC2)n1)C1CCCN(c2cc3c(nn2)CCCC3)C1. The van der Waals surface area contributed by atoms with Crippen LogP contribution in [0.3, 0.4) is 0 Å². The second-order valence-corrected chi connectivity index (χ2v) is 8.55. The molecule has 2 fully saturated rings. The molecule has 0 N–H and O–H groups in total. The van der Waals surface area contributed by atoms with E-state index in [1.54, 1.807) is 0 Å². The normalized spacial score (nSPS) is 22.0. The summed E-state index contributed by atoms with van der Waals surface area (Å²) in [5, 5.41) is 9.11. The van der Waals surface area contributed by atoms with Gasteiger partial charge in [-0.3, -0.25) is 0 Å². The van der Waals surface area contributed by atoms with E-state index in [0.29, 0.717) is 6.04 Å². The largest absolute Gasteiger partial charge is 0.378 e. The third kappa shape index (κ3) is 4.05. The van der Waals surface area contributed by atoms with Crippen LogP contribution in [0.4, 0.5) is 17.6 Å². The van der Waals surface area contributed by atoms with Crippen molar-refractivity contribution in [2.24, 2.45) is 0 Å². The monoisotopic (exact) mass is 409 g/mol. The molecular formula is C22H31N7O. The summed E-state index contributed by atoms with van der Waals surface area (Å²) in [7, 11) is 2.12. The van der Waals surface area contributed by atoms with E-state index in [-0.39, 0.29) is 0 Å². The van der Waals surface area contributed by atoms with Crippen LogP contribution in [0.1, 0.15) is 36.9 Å². The predicted molar refractivity (Wildman–Crippen MR) is 117 cm³/mol. The summed E-state index contributed by atoms with van der Waals surface area (Å²) in [5.41, 5.74) is 2.59. The minimum Gasteiger partial charge on any atom is -0.378 e. The van der Waals surface area contributed by atoms with Gasteiger partial charge in [-0.1, -0.05) is 0 Å². The summed E-state index contributed by atoms with van der Waals surface area (Å²) in [6.07, 6.45) is 8.86. The van der Waals surface area contributed by atoms with Gasteiger partial charge >= 0.3 is 0 Å². The van der Waals surface area contributed by atoms with Crippen molar-refractivity contribution in [3.8, 4) is 0 Å². The van der Waals surface area contributed by atoms with Gasteiger partial charge in [0.25, 0.3) is 0 Å². The Morgan fingerprint density at radius 2 is 1.87 bits per heavy atom. The van der Waals surface area contributed by atoms with Crippen molar-refractivity contribution in [3.63, 3.8) is 0 Å². The predicted octanol–water partition coefficient (Wildman–Crippen LogP) is 2.09. The quantitative estimate of drug-likeness (QED) is 0.760. The third-order valence-corrected chi connectivity index (χ3v) is 6.60. The summed E-state index contributed by atoms with van der Waals surface area (Å²) < 4.78 is 5.47. The van der Waals surface area contributed by atoms with E-state index >= 15 is 0 Å². The fraction of sp³-hybridized carbons (Fsp3) is 0.636. The van der Waals surface area contributed by atoms with Gasteiger partial charge in [-0.25, -0.2) is 4.98 Å². The number of anilines is 3. The molecule has 0 aromatic carbocycles. The molecule has 2 aromatic heterocycles. The standard InChI is InChI=1S/C22H31N7O/c1-27(22-23-9-8-20(24-22)28-11-13-30-14-12-28)18-6-4-10-29(16-18)21-15-17-5-2-3-7-19(17)25-26-21/h8-9,15,18H,2-7,10-14,16H2,1H3. The molecule has 0 amide bonds. The van der Waals surface area contributed by atoms with Crippen molar-refractivity contribution < 1.29 is 4.74 Å². The first-order valence-electron chi connectivity index (χ1n) is 11.3. The molecule has 1 aliphatic carbocycles. The number of aryl methyl sites for hydroxylation is 2. The minimum absolute atomic E-state index is 0.358. The van der Waals surface area contributed by atoms with Gasteiger partial charge in [-0.05, 0) is 56.2 Å². The number of likely N-dealkylation sites (N-methyl/N-ethyl adjacent to an activating group) is 1. The van der Waals surface area contributed by atoms with Crippen molar-refractivity contribution in [1.29, 1.82) is 0 Å². The van der Waals surface area contributed by atoms with E-state index in [4.69, 9.17) is 9.72 Å². The van der Waals surface area contributed by atoms with E-state index in [1.807, 2.05) is 12.3 Å². The molecule has 160 valence electrons. The molecule has 1 atom stereocenters. The highest BCUT2D eigenvalue weighted by Crippen LogP contribution is 2.26. The van der Waals surface area contributed by atoms with Crippen LogP contribution >= 0.6 is 0 Å². The van der Waals surface area contributed by atoms with Crippen molar-refractivity contribution in [3.05, 3.63) is 29.6 Å². The summed E-state index contributed by atoms with van der Waals surface area (Å²) in [5.74, 6) is 2.81. The van der Waals surface area contributed by atoms with Gasteiger partial charge in [-0.2, -0.15) is 10.1 Å². The zero-order chi connectivity index (χ0) is 20.3. The average Bonchev–Trinajstić information content (AvgIpc) is 2.84. The van der Waals surface area contributed by atoms with Crippen LogP contribution in [-0.2, 0) is 17.6 Å². The van der Waals surface area contributed by atoms with Crippen molar-refractivity contribution in [2.45, 2.75) is 44.6 Å². The van der Waals surface area contributed by atoms with Gasteiger partial charge < -0.3 is 19.4 Å². The van der Waals surface area contributed by atoms with Gasteiger partial charge in [0.2, 0.25) is 5.95 Å². The molecule has 2 saturated heterocycles. The maximum absolute atomic E-state index is 5.47. The van der Waals surface area contributed by atoms with Crippen LogP contribution in [-0.4, -0.2) is 72.6 Å². The number of hydrogen-bond acceptors (Lipinski definition) is 8. The number of ether oxygens (including phenoxy) is 1. The Labute approximate surface area is 178 Å². The fourth-order valence-corrected chi connectivity index (χ4v) is 4.75. The van der Waals surface area contributed by atoms with Crippen molar-refractivity contribution >= 4 is 17.6 Å². The van der Waals surface area contributed by atoms with Crippen LogP contribution in [0.25, 0.3) is 0 Å². The maximum Gasteiger partial charge on any atom is 0.227 e. The van der Waals surface area contributed by atoms with E-state index in [2.05, 4.69) is 43.0 Å². The smallest absolute Gasteiger partial charge is 0.227 e. The summed E-state index contributed by atoms with van der Waals surface area (Å²) in [6.45, 7) is 5.24. The van der Waals surface area contributed by atoms with Gasteiger partial charge in [0.1, 0.15) is 5.82 Å². The van der Waals surface area contributed by atoms with Gasteiger partial charge in [-0.15, -0.1) is 5.10 Å². The highest BCUT2D eigenvalue weighted by Gasteiger charge is 2.27. The zero-order valence-corrected chi connectivity index (χ0v) is 17.8. The third-order valence-electron chi connectivity index (χ3n) is 6.60. The summed E-state index contributed by atoms with van der Waals surface area (Å²) in [6, 6.07) is 4.63. The van der Waals surface area contributed by atoms with Gasteiger partial charge in [0, 0.05) is 45.5 Å². The lowest BCUT2D eigenvalue weighted by Gasteiger charge is -2.38. The summed E-state index contributed by atoms with van der Waals surface area (Å²) >= 11 is 0. The lowest BCUT2D eigenvalue weighted by Crippen LogP contribution is -2.47. The number of aromatic nitrogens is 4. The Morgan fingerprint density at radius 1 is 1.00 bits per heavy atom. The first-order valence-corrected chi connectivity index (χ1v) is 11.3. The molecule has 2 aliphatic heterocycles. The lowest BCUT2D eigenvalue weighted by molar-refractivity contribution is 0.122. The number of fused-ring (bicyclic) bond motifs is 1. The molecule has 30 heavy (non-hydrogen) atoms. The average molecular weight is 410 g/mol. The molecule has 8 heteroatoms. The first-order chi connectivity index (χ1) is 14.8. The van der Waals surface area contributed by atoms with Crippen LogP contribution in [0.2, 0.25) is 0 Å². The van der Waals surface area contributed by atoms with Crippen LogP contribution in [0.15, 0.2) is 18.3 Å².